The van der Waals surface area contributed by atoms with Gasteiger partial charge in [-0.25, -0.2) is 9.97 Å². The first kappa shape index (κ1) is 22.7. The summed E-state index contributed by atoms with van der Waals surface area (Å²) in [4.78, 5) is 13.3. The Bertz CT molecular complexity index is 1380. The molecule has 0 spiro atoms. The van der Waals surface area contributed by atoms with Crippen LogP contribution in [0.2, 0.25) is 0 Å². The zero-order valence-electron chi connectivity index (χ0n) is 19.9. The molecular formula is C27H27N7O. The van der Waals surface area contributed by atoms with E-state index in [9.17, 15) is 5.26 Å². The molecule has 1 fully saturated rings. The van der Waals surface area contributed by atoms with Crippen molar-refractivity contribution in [2.45, 2.75) is 57.3 Å². The van der Waals surface area contributed by atoms with Gasteiger partial charge in [-0.2, -0.15) is 5.26 Å². The van der Waals surface area contributed by atoms with Crippen LogP contribution in [0, 0.1) is 11.3 Å². The van der Waals surface area contributed by atoms with Crippen molar-refractivity contribution in [1.82, 2.24) is 25.1 Å². The van der Waals surface area contributed by atoms with Crippen LogP contribution in [0.3, 0.4) is 0 Å². The van der Waals surface area contributed by atoms with E-state index >= 15 is 0 Å². The molecule has 3 aromatic heterocycles. The molecule has 3 heterocycles. The molecule has 0 aliphatic heterocycles. The van der Waals surface area contributed by atoms with Gasteiger partial charge in [0.2, 0.25) is 5.89 Å². The summed E-state index contributed by atoms with van der Waals surface area (Å²) < 4.78 is 5.95. The second-order valence-corrected chi connectivity index (χ2v) is 9.52. The molecule has 0 unspecified atom stereocenters. The summed E-state index contributed by atoms with van der Waals surface area (Å²) in [7, 11) is 0. The fraction of sp³-hybridized carbons (Fsp3) is 0.333. The van der Waals surface area contributed by atoms with Crippen molar-refractivity contribution in [3.05, 3.63) is 60.0 Å². The molecule has 1 saturated carbocycles. The lowest BCUT2D eigenvalue weighted by molar-refractivity contribution is 0.443. The average molecular weight is 466 g/mol. The van der Waals surface area contributed by atoms with Crippen LogP contribution in [0.5, 0.6) is 0 Å². The van der Waals surface area contributed by atoms with Gasteiger partial charge >= 0.3 is 0 Å². The van der Waals surface area contributed by atoms with Gasteiger partial charge in [0, 0.05) is 17.3 Å². The monoisotopic (exact) mass is 465 g/mol. The molecule has 1 aliphatic rings. The minimum atomic E-state index is -0.728. The van der Waals surface area contributed by atoms with Crippen molar-refractivity contribution in [2.75, 3.05) is 5.73 Å². The number of benzene rings is 1. The summed E-state index contributed by atoms with van der Waals surface area (Å²) in [5.41, 5.74) is 9.91. The predicted octanol–water partition coefficient (Wildman–Crippen LogP) is 5.69. The smallest absolute Gasteiger partial charge is 0.270 e. The molecular weight excluding hydrogens is 438 g/mol. The predicted molar refractivity (Wildman–Crippen MR) is 133 cm³/mol. The van der Waals surface area contributed by atoms with Gasteiger partial charge in [0.05, 0.1) is 29.1 Å². The third kappa shape index (κ3) is 4.62. The van der Waals surface area contributed by atoms with E-state index in [-0.39, 0.29) is 11.7 Å². The maximum atomic E-state index is 9.45. The molecule has 0 amide bonds. The lowest BCUT2D eigenvalue weighted by atomic mass is 9.84. The summed E-state index contributed by atoms with van der Waals surface area (Å²) in [5, 5.41) is 17.9. The number of nitrogen functional groups attached to an aromatic ring is 1. The van der Waals surface area contributed by atoms with Crippen LogP contribution in [0.25, 0.3) is 34.3 Å². The van der Waals surface area contributed by atoms with Crippen molar-refractivity contribution < 1.29 is 4.42 Å². The topological polar surface area (TPSA) is 127 Å². The van der Waals surface area contributed by atoms with Crippen LogP contribution in [0.15, 0.2) is 53.2 Å². The maximum Gasteiger partial charge on any atom is 0.270 e. The van der Waals surface area contributed by atoms with Gasteiger partial charge in [-0.1, -0.05) is 31.4 Å². The number of pyridine rings is 1. The number of hydrogen-bond acceptors (Lipinski definition) is 8. The molecule has 2 N–H and O–H groups in total. The van der Waals surface area contributed by atoms with Crippen molar-refractivity contribution in [3.63, 3.8) is 0 Å². The van der Waals surface area contributed by atoms with E-state index < -0.39 is 5.41 Å². The van der Waals surface area contributed by atoms with E-state index in [4.69, 9.17) is 10.2 Å². The van der Waals surface area contributed by atoms with Crippen LogP contribution in [0.4, 0.5) is 5.82 Å². The molecule has 4 aromatic rings. The number of aromatic nitrogens is 5. The van der Waals surface area contributed by atoms with Gasteiger partial charge in [-0.3, -0.25) is 4.98 Å². The fourth-order valence-corrected chi connectivity index (χ4v) is 4.45. The highest BCUT2D eigenvalue weighted by Gasteiger charge is 2.23. The van der Waals surface area contributed by atoms with E-state index in [0.717, 1.165) is 11.1 Å². The van der Waals surface area contributed by atoms with Gasteiger partial charge in [0.1, 0.15) is 0 Å². The largest absolute Gasteiger partial charge is 0.414 e. The number of anilines is 1. The molecule has 0 saturated heterocycles. The van der Waals surface area contributed by atoms with Crippen LogP contribution < -0.4 is 5.73 Å². The Labute approximate surface area is 204 Å². The van der Waals surface area contributed by atoms with Gasteiger partial charge in [-0.05, 0) is 62.4 Å². The van der Waals surface area contributed by atoms with Crippen molar-refractivity contribution in [1.29, 1.82) is 5.26 Å². The number of nitrogens with zero attached hydrogens (tertiary/aromatic N) is 6. The van der Waals surface area contributed by atoms with E-state index in [0.29, 0.717) is 28.9 Å². The SMILES string of the molecule is CC(C)(C#N)c1cc(-c2cnc(N)c(-c3nnc(-c4ccc(C5CCCCC5)cc4)o3)n2)ccn1. The lowest BCUT2D eigenvalue weighted by Gasteiger charge is -2.21. The highest BCUT2D eigenvalue weighted by Crippen LogP contribution is 2.34. The van der Waals surface area contributed by atoms with Gasteiger partial charge in [0.25, 0.3) is 5.89 Å². The molecule has 8 nitrogen and oxygen atoms in total. The highest BCUT2D eigenvalue weighted by atomic mass is 16.4. The number of hydrogen-bond donors (Lipinski definition) is 1. The van der Waals surface area contributed by atoms with Crippen molar-refractivity contribution in [3.8, 4) is 40.4 Å². The number of nitriles is 1. The zero-order valence-corrected chi connectivity index (χ0v) is 19.9. The third-order valence-corrected chi connectivity index (χ3v) is 6.64. The second-order valence-electron chi connectivity index (χ2n) is 9.52. The normalized spacial score (nSPS) is 14.5. The van der Waals surface area contributed by atoms with Crippen molar-refractivity contribution >= 4 is 5.82 Å². The summed E-state index contributed by atoms with van der Waals surface area (Å²) in [6.07, 6.45) is 9.70. The van der Waals surface area contributed by atoms with E-state index in [1.165, 1.54) is 37.7 Å². The Balaban J connectivity index is 1.42. The molecule has 0 bridgehead atoms. The van der Waals surface area contributed by atoms with Crippen LogP contribution >= 0.6 is 0 Å². The summed E-state index contributed by atoms with van der Waals surface area (Å²) in [5.74, 6) is 1.45. The molecule has 8 heteroatoms. The van der Waals surface area contributed by atoms with Gasteiger partial charge < -0.3 is 10.2 Å². The van der Waals surface area contributed by atoms with Crippen LogP contribution in [-0.2, 0) is 5.41 Å². The molecule has 0 radical (unpaired) electrons. The number of nitrogens with two attached hydrogens (primary N) is 1. The average Bonchev–Trinajstić information content (AvgIpc) is 3.40. The standard InChI is InChI=1S/C27H27N7O/c1-27(2,16-28)22-14-20(12-13-30-22)21-15-31-24(29)23(32-21)26-34-33-25(35-26)19-10-8-18(9-11-19)17-6-4-3-5-7-17/h8-15,17H,3-7H2,1-2H3,(H2,29,31). The van der Waals surface area contributed by atoms with Crippen LogP contribution in [-0.4, -0.2) is 25.1 Å². The number of rotatable bonds is 5. The Hall–Kier alpha value is -4.12. The van der Waals surface area contributed by atoms with E-state index in [1.54, 1.807) is 12.4 Å². The summed E-state index contributed by atoms with van der Waals surface area (Å²) >= 11 is 0. The molecule has 176 valence electrons. The Morgan fingerprint density at radius 1 is 0.971 bits per heavy atom. The second kappa shape index (κ2) is 9.26. The fourth-order valence-electron chi connectivity index (χ4n) is 4.45. The first-order valence-electron chi connectivity index (χ1n) is 11.9. The summed E-state index contributed by atoms with van der Waals surface area (Å²) in [6, 6.07) is 14.3. The van der Waals surface area contributed by atoms with Crippen LogP contribution in [0.1, 0.15) is 63.1 Å². The Morgan fingerprint density at radius 3 is 2.46 bits per heavy atom. The molecule has 35 heavy (non-hydrogen) atoms. The first-order valence-corrected chi connectivity index (χ1v) is 11.9. The first-order chi connectivity index (χ1) is 16.9. The van der Waals surface area contributed by atoms with Gasteiger partial charge in [0.15, 0.2) is 11.5 Å². The Kier molecular flexibility index (Phi) is 6.00. The quantitative estimate of drug-likeness (QED) is 0.398. The van der Waals surface area contributed by atoms with E-state index in [1.807, 2.05) is 38.1 Å². The maximum absolute atomic E-state index is 9.45. The highest BCUT2D eigenvalue weighted by molar-refractivity contribution is 5.69. The van der Waals surface area contributed by atoms with E-state index in [2.05, 4.69) is 43.4 Å². The minimum Gasteiger partial charge on any atom is -0.414 e. The van der Waals surface area contributed by atoms with Crippen molar-refractivity contribution in [2.24, 2.45) is 0 Å². The molecule has 0 atom stereocenters. The molecule has 1 aromatic carbocycles. The summed E-state index contributed by atoms with van der Waals surface area (Å²) in [6.45, 7) is 3.64. The molecule has 5 rings (SSSR count). The Morgan fingerprint density at radius 2 is 1.71 bits per heavy atom. The lowest BCUT2D eigenvalue weighted by Crippen LogP contribution is -2.15. The zero-order chi connectivity index (χ0) is 24.4. The van der Waals surface area contributed by atoms with Gasteiger partial charge in [-0.15, -0.1) is 10.2 Å². The third-order valence-electron chi connectivity index (χ3n) is 6.64. The molecule has 1 aliphatic carbocycles. The minimum absolute atomic E-state index is 0.197.